The van der Waals surface area contributed by atoms with E-state index in [-0.39, 0.29) is 23.3 Å². The Morgan fingerprint density at radius 3 is 2.62 bits per heavy atom. The number of hydrogen-bond acceptors (Lipinski definition) is 2. The first kappa shape index (κ1) is 17.3. The van der Waals surface area contributed by atoms with Crippen LogP contribution in [-0.4, -0.2) is 23.0 Å². The van der Waals surface area contributed by atoms with Gasteiger partial charge in [0, 0.05) is 11.1 Å². The molecule has 4 nitrogen and oxygen atoms in total. The van der Waals surface area contributed by atoms with Gasteiger partial charge in [0.25, 0.3) is 0 Å². The van der Waals surface area contributed by atoms with E-state index in [0.717, 1.165) is 37.7 Å². The summed E-state index contributed by atoms with van der Waals surface area (Å²) in [5, 5.41) is 13.0. The lowest BCUT2D eigenvalue weighted by Crippen LogP contribution is -2.45. The molecule has 0 heterocycles. The molecule has 2 fully saturated rings. The molecule has 0 aliphatic heterocycles. The average molecular weight is 350 g/mol. The molecule has 2 saturated carbocycles. The molecule has 130 valence electrons. The van der Waals surface area contributed by atoms with Gasteiger partial charge < -0.3 is 10.4 Å². The molecule has 2 aliphatic carbocycles. The third-order valence-corrected chi connectivity index (χ3v) is 5.83. The lowest BCUT2D eigenvalue weighted by atomic mass is 9.79. The van der Waals surface area contributed by atoms with Gasteiger partial charge in [0.15, 0.2) is 0 Å². The Bertz CT molecular complexity index is 625. The van der Waals surface area contributed by atoms with E-state index in [1.807, 2.05) is 24.3 Å². The normalized spacial score (nSPS) is 25.5. The number of halogens is 1. The van der Waals surface area contributed by atoms with Crippen molar-refractivity contribution in [3.63, 3.8) is 0 Å². The molecule has 2 N–H and O–H groups in total. The first-order chi connectivity index (χ1) is 11.5. The second-order valence-corrected chi connectivity index (χ2v) is 7.75. The Balaban J connectivity index is 1.68. The van der Waals surface area contributed by atoms with E-state index in [1.165, 1.54) is 0 Å². The molecule has 0 bridgehead atoms. The molecule has 0 aromatic heterocycles. The fourth-order valence-electron chi connectivity index (χ4n) is 4.25. The Morgan fingerprint density at radius 1 is 1.25 bits per heavy atom. The van der Waals surface area contributed by atoms with Crippen molar-refractivity contribution in [3.05, 3.63) is 34.9 Å². The largest absolute Gasteiger partial charge is 0.481 e. The van der Waals surface area contributed by atoms with Crippen molar-refractivity contribution in [2.45, 2.75) is 57.4 Å². The molecule has 0 unspecified atom stereocenters. The number of hydrogen-bond donors (Lipinski definition) is 2. The number of carboxylic acid groups (broad SMARTS) is 1. The van der Waals surface area contributed by atoms with Gasteiger partial charge in [-0.15, -0.1) is 0 Å². The average Bonchev–Trinajstić information content (AvgIpc) is 3.17. The highest BCUT2D eigenvalue weighted by atomic mass is 35.5. The van der Waals surface area contributed by atoms with Crippen molar-refractivity contribution >= 4 is 23.5 Å². The zero-order valence-electron chi connectivity index (χ0n) is 13.8. The molecule has 0 spiro atoms. The monoisotopic (exact) mass is 349 g/mol. The quantitative estimate of drug-likeness (QED) is 0.849. The predicted octanol–water partition coefficient (Wildman–Crippen LogP) is 3.81. The van der Waals surface area contributed by atoms with Crippen LogP contribution >= 0.6 is 11.6 Å². The number of nitrogens with one attached hydrogen (secondary N) is 1. The van der Waals surface area contributed by atoms with Crippen LogP contribution < -0.4 is 5.32 Å². The zero-order valence-corrected chi connectivity index (χ0v) is 14.5. The second kappa shape index (κ2) is 7.14. The first-order valence-electron chi connectivity index (χ1n) is 8.77. The molecule has 0 saturated heterocycles. The van der Waals surface area contributed by atoms with Crippen molar-refractivity contribution in [3.8, 4) is 0 Å². The number of aliphatic carboxylic acids is 1. The summed E-state index contributed by atoms with van der Waals surface area (Å²) in [5.74, 6) is -0.972. The molecule has 2 aliphatic rings. The van der Waals surface area contributed by atoms with Gasteiger partial charge in [-0.2, -0.15) is 0 Å². The smallest absolute Gasteiger partial charge is 0.306 e. The summed E-state index contributed by atoms with van der Waals surface area (Å²) in [6.45, 7) is 0. The number of rotatable bonds is 5. The van der Waals surface area contributed by atoms with Crippen LogP contribution in [0.25, 0.3) is 0 Å². The van der Waals surface area contributed by atoms with E-state index in [1.54, 1.807) is 0 Å². The summed E-state index contributed by atoms with van der Waals surface area (Å²) >= 11 is 6.08. The van der Waals surface area contributed by atoms with E-state index in [0.29, 0.717) is 24.3 Å². The van der Waals surface area contributed by atoms with Gasteiger partial charge in [-0.3, -0.25) is 9.59 Å². The highest BCUT2D eigenvalue weighted by Crippen LogP contribution is 2.42. The number of carbonyl (C=O) groups excluding carboxylic acids is 1. The van der Waals surface area contributed by atoms with Crippen molar-refractivity contribution in [2.75, 3.05) is 0 Å². The highest BCUT2D eigenvalue weighted by Gasteiger charge is 2.42. The molecule has 0 radical (unpaired) electrons. The molecule has 3 rings (SSSR count). The van der Waals surface area contributed by atoms with E-state index in [4.69, 9.17) is 16.7 Å². The zero-order chi connectivity index (χ0) is 17.2. The van der Waals surface area contributed by atoms with Crippen molar-refractivity contribution in [2.24, 2.45) is 11.3 Å². The van der Waals surface area contributed by atoms with Crippen LogP contribution in [0.3, 0.4) is 0 Å². The van der Waals surface area contributed by atoms with Crippen LogP contribution in [0.15, 0.2) is 24.3 Å². The van der Waals surface area contributed by atoms with E-state index < -0.39 is 5.97 Å². The fourth-order valence-corrected chi connectivity index (χ4v) is 4.46. The molecule has 1 amide bonds. The summed E-state index contributed by atoms with van der Waals surface area (Å²) in [6, 6.07) is 7.72. The molecule has 1 aromatic rings. The molecule has 5 heteroatoms. The summed E-state index contributed by atoms with van der Waals surface area (Å²) in [7, 11) is 0. The standard InChI is InChI=1S/C19H24ClNO3/c20-15-5-3-4-13(10-15)12-19(8-1-2-9-19)18(24)21-16-7-6-14(11-16)17(22)23/h3-5,10,14,16H,1-2,6-9,11-12H2,(H,21,24)(H,22,23)/t14-,16+/m0/s1. The SMILES string of the molecule is O=C(O)[C@H]1CC[C@@H](NC(=O)C2(Cc3cccc(Cl)c3)CCCC2)C1. The third kappa shape index (κ3) is 3.75. The van der Waals surface area contributed by atoms with Crippen LogP contribution in [0.5, 0.6) is 0 Å². The van der Waals surface area contributed by atoms with Gasteiger partial charge in [0.1, 0.15) is 0 Å². The Morgan fingerprint density at radius 2 is 2.00 bits per heavy atom. The fraction of sp³-hybridized carbons (Fsp3) is 0.579. The molecule has 1 aromatic carbocycles. The summed E-state index contributed by atoms with van der Waals surface area (Å²) < 4.78 is 0. The maximum Gasteiger partial charge on any atom is 0.306 e. The minimum atomic E-state index is -0.749. The molecular formula is C19H24ClNO3. The number of amides is 1. The maximum atomic E-state index is 13.0. The third-order valence-electron chi connectivity index (χ3n) is 5.59. The van der Waals surface area contributed by atoms with Gasteiger partial charge in [0.05, 0.1) is 11.3 Å². The van der Waals surface area contributed by atoms with E-state index in [9.17, 15) is 9.59 Å². The number of benzene rings is 1. The van der Waals surface area contributed by atoms with Crippen LogP contribution in [0.4, 0.5) is 0 Å². The van der Waals surface area contributed by atoms with Gasteiger partial charge in [-0.25, -0.2) is 0 Å². The highest BCUT2D eigenvalue weighted by molar-refractivity contribution is 6.30. The Kier molecular flexibility index (Phi) is 5.14. The van der Waals surface area contributed by atoms with Gasteiger partial charge in [-0.05, 0) is 56.2 Å². The van der Waals surface area contributed by atoms with Gasteiger partial charge in [-0.1, -0.05) is 36.6 Å². The van der Waals surface area contributed by atoms with Crippen molar-refractivity contribution in [1.29, 1.82) is 0 Å². The second-order valence-electron chi connectivity index (χ2n) is 7.31. The van der Waals surface area contributed by atoms with Gasteiger partial charge in [0.2, 0.25) is 5.91 Å². The Hall–Kier alpha value is -1.55. The number of carbonyl (C=O) groups is 2. The van der Waals surface area contributed by atoms with Crippen LogP contribution in [-0.2, 0) is 16.0 Å². The minimum Gasteiger partial charge on any atom is -0.481 e. The minimum absolute atomic E-state index is 0.00423. The summed E-state index contributed by atoms with van der Waals surface area (Å²) in [4.78, 5) is 24.1. The van der Waals surface area contributed by atoms with Crippen molar-refractivity contribution in [1.82, 2.24) is 5.32 Å². The number of carboxylic acids is 1. The molecule has 2 atom stereocenters. The predicted molar refractivity (Wildman–Crippen MR) is 93.0 cm³/mol. The van der Waals surface area contributed by atoms with Crippen LogP contribution in [0.2, 0.25) is 5.02 Å². The topological polar surface area (TPSA) is 66.4 Å². The van der Waals surface area contributed by atoms with E-state index in [2.05, 4.69) is 5.32 Å². The van der Waals surface area contributed by atoms with Crippen LogP contribution in [0, 0.1) is 11.3 Å². The maximum absolute atomic E-state index is 13.0. The van der Waals surface area contributed by atoms with E-state index >= 15 is 0 Å². The molecule has 24 heavy (non-hydrogen) atoms. The summed E-state index contributed by atoms with van der Waals surface area (Å²) in [5.41, 5.74) is 0.723. The lowest BCUT2D eigenvalue weighted by Gasteiger charge is -2.29. The lowest BCUT2D eigenvalue weighted by molar-refractivity contribution is -0.141. The van der Waals surface area contributed by atoms with Crippen LogP contribution in [0.1, 0.15) is 50.5 Å². The first-order valence-corrected chi connectivity index (χ1v) is 9.14. The summed E-state index contributed by atoms with van der Waals surface area (Å²) in [6.07, 6.45) is 6.58. The molecular weight excluding hydrogens is 326 g/mol. The van der Waals surface area contributed by atoms with Crippen molar-refractivity contribution < 1.29 is 14.7 Å². The Labute approximate surface area is 147 Å². The van der Waals surface area contributed by atoms with Gasteiger partial charge >= 0.3 is 5.97 Å².